The molecule has 2 heteroatoms. The molecule has 0 N–H and O–H groups in total. The summed E-state index contributed by atoms with van der Waals surface area (Å²) in [4.78, 5) is 0. The van der Waals surface area contributed by atoms with E-state index in [0.717, 1.165) is 18.6 Å². The molecule has 2 aromatic carbocycles. The van der Waals surface area contributed by atoms with Crippen LogP contribution in [0.4, 0.5) is 0 Å². The molecule has 0 bridgehead atoms. The third-order valence-electron chi connectivity index (χ3n) is 4.70. The van der Waals surface area contributed by atoms with Crippen LogP contribution in [-0.2, 0) is 6.42 Å². The second kappa shape index (κ2) is 11.1. The van der Waals surface area contributed by atoms with Crippen molar-refractivity contribution in [1.29, 1.82) is 0 Å². The highest BCUT2D eigenvalue weighted by molar-refractivity contribution is 8.13. The Morgan fingerprint density at radius 1 is 0.962 bits per heavy atom. The Kier molecular flexibility index (Phi) is 8.84. The van der Waals surface area contributed by atoms with Crippen LogP contribution in [0.1, 0.15) is 69.1 Å². The molecule has 2 atom stereocenters. The molecule has 2 aromatic rings. The predicted octanol–water partition coefficient (Wildman–Crippen LogP) is 7.04. The fourth-order valence-electron chi connectivity index (χ4n) is 3.27. The van der Waals surface area contributed by atoms with Gasteiger partial charge in [0, 0.05) is 17.4 Å². The summed E-state index contributed by atoms with van der Waals surface area (Å²) in [6, 6.07) is 19.8. The molecule has 0 aliphatic carbocycles. The van der Waals surface area contributed by atoms with Crippen molar-refractivity contribution in [2.24, 2.45) is 4.40 Å². The minimum absolute atomic E-state index is 0.0930. The number of hydrogen-bond donors (Lipinski definition) is 0. The molecule has 0 heterocycles. The zero-order chi connectivity index (χ0) is 18.8. The molecular weight excluding hydrogens is 334 g/mol. The molecule has 2 unspecified atom stereocenters. The van der Waals surface area contributed by atoms with Gasteiger partial charge in [0.05, 0.1) is 0 Å². The van der Waals surface area contributed by atoms with E-state index < -0.39 is 0 Å². The van der Waals surface area contributed by atoms with Gasteiger partial charge >= 0.3 is 0 Å². The van der Waals surface area contributed by atoms with Crippen LogP contribution >= 0.6 is 10.7 Å². The number of hydrogen-bond acceptors (Lipinski definition) is 1. The van der Waals surface area contributed by atoms with Crippen molar-refractivity contribution in [1.82, 2.24) is 0 Å². The molecule has 0 aliphatic heterocycles. The van der Waals surface area contributed by atoms with Crippen LogP contribution in [0.15, 0.2) is 59.0 Å². The Labute approximate surface area is 162 Å². The SMILES string of the molecule is C=S(CCC)/N=C(\C)C(CCCC)c1ccc(Cc2ccccc2)cc1. The molecule has 0 saturated carbocycles. The van der Waals surface area contributed by atoms with Crippen LogP contribution in [0, 0.1) is 0 Å². The van der Waals surface area contributed by atoms with Crippen molar-refractivity contribution < 1.29 is 0 Å². The van der Waals surface area contributed by atoms with E-state index in [2.05, 4.69) is 81.2 Å². The summed E-state index contributed by atoms with van der Waals surface area (Å²) < 4.78 is 4.92. The van der Waals surface area contributed by atoms with Gasteiger partial charge in [-0.1, -0.05) is 97.8 Å². The largest absolute Gasteiger partial charge is 0.233 e. The van der Waals surface area contributed by atoms with Crippen molar-refractivity contribution in [2.45, 2.75) is 58.8 Å². The lowest BCUT2D eigenvalue weighted by Gasteiger charge is -2.18. The minimum atomic E-state index is -0.0930. The molecule has 2 rings (SSSR count). The van der Waals surface area contributed by atoms with Gasteiger partial charge in [-0.05, 0) is 42.9 Å². The lowest BCUT2D eigenvalue weighted by atomic mass is 9.89. The topological polar surface area (TPSA) is 12.4 Å². The smallest absolute Gasteiger partial charge is 0.0299 e. The van der Waals surface area contributed by atoms with E-state index in [1.165, 1.54) is 41.7 Å². The molecule has 0 amide bonds. The summed E-state index contributed by atoms with van der Waals surface area (Å²) in [5.41, 5.74) is 5.37. The maximum Gasteiger partial charge on any atom is 0.0299 e. The Bertz CT molecular complexity index is 701. The molecule has 0 aromatic heterocycles. The van der Waals surface area contributed by atoms with E-state index in [9.17, 15) is 0 Å². The summed E-state index contributed by atoms with van der Waals surface area (Å²) in [5.74, 6) is 5.74. The van der Waals surface area contributed by atoms with E-state index in [-0.39, 0.29) is 10.7 Å². The third-order valence-corrected chi connectivity index (χ3v) is 6.12. The van der Waals surface area contributed by atoms with E-state index in [1.807, 2.05) is 0 Å². The van der Waals surface area contributed by atoms with Gasteiger partial charge in [-0.15, -0.1) is 0 Å². The maximum atomic E-state index is 4.92. The third kappa shape index (κ3) is 6.57. The summed E-state index contributed by atoms with van der Waals surface area (Å²) in [6.45, 7) is 6.66. The molecule has 0 spiro atoms. The summed E-state index contributed by atoms with van der Waals surface area (Å²) in [7, 11) is -0.0930. The zero-order valence-corrected chi connectivity index (χ0v) is 17.4. The fourth-order valence-corrected chi connectivity index (χ4v) is 4.37. The van der Waals surface area contributed by atoms with Crippen LogP contribution < -0.4 is 0 Å². The van der Waals surface area contributed by atoms with Crippen molar-refractivity contribution in [3.8, 4) is 0 Å². The van der Waals surface area contributed by atoms with Crippen molar-refractivity contribution in [3.63, 3.8) is 0 Å². The lowest BCUT2D eigenvalue weighted by Crippen LogP contribution is -2.09. The normalized spacial score (nSPS) is 14.2. The van der Waals surface area contributed by atoms with Crippen LogP contribution in [0.3, 0.4) is 0 Å². The number of rotatable bonds is 10. The molecular formula is C24H33NS. The molecule has 0 radical (unpaired) electrons. The van der Waals surface area contributed by atoms with E-state index in [1.54, 1.807) is 0 Å². The van der Waals surface area contributed by atoms with Gasteiger partial charge in [-0.25, -0.2) is 4.40 Å². The highest BCUT2D eigenvalue weighted by Crippen LogP contribution is 2.27. The highest BCUT2D eigenvalue weighted by atomic mass is 32.2. The first-order chi connectivity index (χ1) is 12.6. The molecule has 0 saturated heterocycles. The van der Waals surface area contributed by atoms with Gasteiger partial charge in [-0.2, -0.15) is 0 Å². The number of benzene rings is 2. The zero-order valence-electron chi connectivity index (χ0n) is 16.6. The van der Waals surface area contributed by atoms with Crippen molar-refractivity contribution in [2.75, 3.05) is 5.75 Å². The number of unbranched alkanes of at least 4 members (excludes halogenated alkanes) is 1. The first kappa shape index (κ1) is 20.6. The molecule has 26 heavy (non-hydrogen) atoms. The first-order valence-corrected chi connectivity index (χ1v) is 11.3. The minimum Gasteiger partial charge on any atom is -0.233 e. The summed E-state index contributed by atoms with van der Waals surface area (Å²) in [5, 5.41) is 0. The van der Waals surface area contributed by atoms with E-state index >= 15 is 0 Å². The highest BCUT2D eigenvalue weighted by Gasteiger charge is 2.15. The average Bonchev–Trinajstić information content (AvgIpc) is 2.64. The van der Waals surface area contributed by atoms with Gasteiger partial charge in [-0.3, -0.25) is 0 Å². The van der Waals surface area contributed by atoms with E-state index in [4.69, 9.17) is 4.40 Å². The van der Waals surface area contributed by atoms with E-state index in [0.29, 0.717) is 5.92 Å². The lowest BCUT2D eigenvalue weighted by molar-refractivity contribution is 0.683. The van der Waals surface area contributed by atoms with Gasteiger partial charge in [0.25, 0.3) is 0 Å². The Morgan fingerprint density at radius 2 is 1.62 bits per heavy atom. The molecule has 140 valence electrons. The fraction of sp³-hybridized carbons (Fsp3) is 0.417. The number of nitrogens with zero attached hydrogens (tertiary/aromatic N) is 1. The monoisotopic (exact) mass is 367 g/mol. The second-order valence-corrected chi connectivity index (χ2v) is 8.51. The predicted molar refractivity (Wildman–Crippen MR) is 121 cm³/mol. The second-order valence-electron chi connectivity index (χ2n) is 7.00. The van der Waals surface area contributed by atoms with Crippen LogP contribution in [0.5, 0.6) is 0 Å². The van der Waals surface area contributed by atoms with Crippen molar-refractivity contribution in [3.05, 3.63) is 71.3 Å². The first-order valence-electron chi connectivity index (χ1n) is 9.82. The Hall–Kier alpha value is -1.67. The molecule has 1 nitrogen and oxygen atoms in total. The summed E-state index contributed by atoms with van der Waals surface area (Å²) >= 11 is 0. The maximum absolute atomic E-state index is 4.92. The molecule has 0 fully saturated rings. The van der Waals surface area contributed by atoms with Crippen molar-refractivity contribution >= 4 is 22.3 Å². The molecule has 0 aliphatic rings. The quantitative estimate of drug-likeness (QED) is 0.315. The van der Waals surface area contributed by atoms with Gasteiger partial charge in [0.1, 0.15) is 0 Å². The van der Waals surface area contributed by atoms with Gasteiger partial charge in [0.2, 0.25) is 0 Å². The van der Waals surface area contributed by atoms with Gasteiger partial charge in [0.15, 0.2) is 0 Å². The standard InChI is InChI=1S/C24H33NS/c1-5-7-13-24(20(3)25-26(4)18-6-2)23-16-14-22(15-17-23)19-21-11-9-8-10-12-21/h8-12,14-17,24H,4-7,13,18-19H2,1-3H3/b25-20+. The Morgan fingerprint density at radius 3 is 2.23 bits per heavy atom. The Balaban J connectivity index is 2.15. The van der Waals surface area contributed by atoms with Gasteiger partial charge < -0.3 is 0 Å². The summed E-state index contributed by atoms with van der Waals surface area (Å²) in [6.07, 6.45) is 5.78. The van der Waals surface area contributed by atoms with Crippen LogP contribution in [0.25, 0.3) is 0 Å². The van der Waals surface area contributed by atoms with Crippen LogP contribution in [-0.4, -0.2) is 17.3 Å². The average molecular weight is 368 g/mol. The van der Waals surface area contributed by atoms with Crippen LogP contribution in [0.2, 0.25) is 0 Å².